The number of carbonyl (C=O) groups excluding carboxylic acids is 1. The van der Waals surface area contributed by atoms with Crippen LogP contribution in [0.3, 0.4) is 0 Å². The number of anilines is 1. The van der Waals surface area contributed by atoms with Crippen LogP contribution in [0, 0.1) is 12.7 Å². The molecule has 2 aromatic carbocycles. The van der Waals surface area contributed by atoms with Crippen LogP contribution in [0.5, 0.6) is 0 Å². The van der Waals surface area contributed by atoms with Gasteiger partial charge in [-0.05, 0) is 42.8 Å². The Balaban J connectivity index is 1.15. The van der Waals surface area contributed by atoms with Crippen LogP contribution in [-0.2, 0) is 5.75 Å². The summed E-state index contributed by atoms with van der Waals surface area (Å²) >= 11 is 2.83. The van der Waals surface area contributed by atoms with E-state index in [0.29, 0.717) is 41.2 Å². The molecule has 1 saturated heterocycles. The minimum Gasteiger partial charge on any atom is -0.368 e. The first-order valence-corrected chi connectivity index (χ1v) is 14.7. The number of rotatable bonds is 7. The van der Waals surface area contributed by atoms with Gasteiger partial charge in [0.1, 0.15) is 16.5 Å². The Labute approximate surface area is 239 Å². The molecule has 1 amide bonds. The van der Waals surface area contributed by atoms with Crippen molar-refractivity contribution >= 4 is 34.7 Å². The zero-order chi connectivity index (χ0) is 27.5. The molecule has 1 aliphatic heterocycles. The third kappa shape index (κ3) is 5.34. The molecule has 3 aromatic heterocycles. The Kier molecular flexibility index (Phi) is 7.56. The second kappa shape index (κ2) is 11.6. The first-order valence-electron chi connectivity index (χ1n) is 12.9. The number of carbonyl (C=O) groups is 1. The van der Waals surface area contributed by atoms with Crippen molar-refractivity contribution < 1.29 is 9.18 Å². The fourth-order valence-corrected chi connectivity index (χ4v) is 6.46. The second-order valence-electron chi connectivity index (χ2n) is 9.32. The van der Waals surface area contributed by atoms with E-state index in [1.54, 1.807) is 41.2 Å². The SMILES string of the molecule is Cc1ccccc1N1CCN(C(=O)c2csc(CSc3nnc(-c4cccnc4)n3-c3ccccc3F)n2)CC1. The highest BCUT2D eigenvalue weighted by molar-refractivity contribution is 7.98. The molecular formula is C29H26FN7OS2. The molecule has 0 N–H and O–H groups in total. The lowest BCUT2D eigenvalue weighted by Gasteiger charge is -2.36. The van der Waals surface area contributed by atoms with E-state index in [0.717, 1.165) is 23.7 Å². The number of benzene rings is 2. The van der Waals surface area contributed by atoms with Crippen LogP contribution in [0.4, 0.5) is 10.1 Å². The fraction of sp³-hybridized carbons (Fsp3) is 0.207. The van der Waals surface area contributed by atoms with E-state index < -0.39 is 0 Å². The van der Waals surface area contributed by atoms with Crippen molar-refractivity contribution in [1.82, 2.24) is 29.6 Å². The van der Waals surface area contributed by atoms with Crippen LogP contribution in [-0.4, -0.2) is 61.7 Å². The second-order valence-corrected chi connectivity index (χ2v) is 11.2. The van der Waals surface area contributed by atoms with Crippen LogP contribution in [0.25, 0.3) is 17.1 Å². The quantitative estimate of drug-likeness (QED) is 0.239. The van der Waals surface area contributed by atoms with Gasteiger partial charge in [-0.2, -0.15) is 0 Å². The molecule has 1 aliphatic rings. The normalized spacial score (nSPS) is 13.6. The minimum absolute atomic E-state index is 0.0506. The van der Waals surface area contributed by atoms with Gasteiger partial charge < -0.3 is 9.80 Å². The molecule has 0 unspecified atom stereocenters. The molecule has 4 heterocycles. The highest BCUT2D eigenvalue weighted by Gasteiger charge is 2.25. The summed E-state index contributed by atoms with van der Waals surface area (Å²) in [6, 6.07) is 18.5. The van der Waals surface area contributed by atoms with Crippen molar-refractivity contribution in [1.29, 1.82) is 0 Å². The minimum atomic E-state index is -0.376. The smallest absolute Gasteiger partial charge is 0.273 e. The van der Waals surface area contributed by atoms with Crippen molar-refractivity contribution in [2.75, 3.05) is 31.1 Å². The number of nitrogens with zero attached hydrogens (tertiary/aromatic N) is 7. The molecule has 202 valence electrons. The summed E-state index contributed by atoms with van der Waals surface area (Å²) in [5.41, 5.74) is 4.00. The molecule has 0 spiro atoms. The summed E-state index contributed by atoms with van der Waals surface area (Å²) in [6.45, 7) is 4.98. The molecule has 6 rings (SSSR count). The van der Waals surface area contributed by atoms with Gasteiger partial charge in [-0.15, -0.1) is 21.5 Å². The Morgan fingerprint density at radius 2 is 1.75 bits per heavy atom. The van der Waals surface area contributed by atoms with Gasteiger partial charge in [0, 0.05) is 55.2 Å². The van der Waals surface area contributed by atoms with Gasteiger partial charge in [0.25, 0.3) is 5.91 Å². The maximum absolute atomic E-state index is 14.8. The standard InChI is InChI=1S/C29H26FN7OS2/c1-20-7-2-4-10-24(20)35-13-15-36(16-14-35)28(38)23-18-39-26(32-23)19-40-29-34-33-27(21-8-6-12-31-17-21)37(29)25-11-5-3-9-22(25)30/h2-12,17-18H,13-16,19H2,1H3. The van der Waals surface area contributed by atoms with Crippen LogP contribution in [0.1, 0.15) is 21.1 Å². The molecule has 0 aliphatic carbocycles. The van der Waals surface area contributed by atoms with E-state index in [9.17, 15) is 9.18 Å². The number of thioether (sulfide) groups is 1. The number of halogens is 1. The number of aryl methyl sites for hydroxylation is 1. The average molecular weight is 572 g/mol. The fourth-order valence-electron chi connectivity index (χ4n) is 4.73. The van der Waals surface area contributed by atoms with E-state index in [1.165, 1.54) is 40.4 Å². The maximum atomic E-state index is 14.8. The molecule has 0 bridgehead atoms. The summed E-state index contributed by atoms with van der Waals surface area (Å²) in [5.74, 6) is 0.545. The lowest BCUT2D eigenvalue weighted by atomic mass is 10.1. The molecule has 8 nitrogen and oxygen atoms in total. The first kappa shape index (κ1) is 26.1. The summed E-state index contributed by atoms with van der Waals surface area (Å²) in [4.78, 5) is 26.2. The summed E-state index contributed by atoms with van der Waals surface area (Å²) in [7, 11) is 0. The van der Waals surface area contributed by atoms with Gasteiger partial charge in [-0.25, -0.2) is 9.37 Å². The number of amides is 1. The topological polar surface area (TPSA) is 80.0 Å². The third-order valence-electron chi connectivity index (χ3n) is 6.77. The molecule has 1 fully saturated rings. The van der Waals surface area contributed by atoms with Gasteiger partial charge in [-0.1, -0.05) is 42.1 Å². The number of para-hydroxylation sites is 2. The van der Waals surface area contributed by atoms with Gasteiger partial charge in [0.05, 0.1) is 11.4 Å². The van der Waals surface area contributed by atoms with Crippen LogP contribution in [0.15, 0.2) is 83.6 Å². The molecule has 0 atom stereocenters. The van der Waals surface area contributed by atoms with Crippen molar-refractivity contribution in [3.05, 3.63) is 101 Å². The zero-order valence-corrected chi connectivity index (χ0v) is 23.4. The Morgan fingerprint density at radius 3 is 2.50 bits per heavy atom. The van der Waals surface area contributed by atoms with E-state index in [2.05, 4.69) is 44.1 Å². The van der Waals surface area contributed by atoms with Gasteiger partial charge in [0.2, 0.25) is 0 Å². The van der Waals surface area contributed by atoms with Gasteiger partial charge in [-0.3, -0.25) is 14.3 Å². The summed E-state index contributed by atoms with van der Waals surface area (Å²) < 4.78 is 16.5. The lowest BCUT2D eigenvalue weighted by Crippen LogP contribution is -2.49. The predicted molar refractivity (Wildman–Crippen MR) is 156 cm³/mol. The Hall–Kier alpha value is -4.09. The number of thiazole rings is 1. The van der Waals surface area contributed by atoms with Crippen LogP contribution >= 0.6 is 23.1 Å². The summed E-state index contributed by atoms with van der Waals surface area (Å²) in [6.07, 6.45) is 3.35. The highest BCUT2D eigenvalue weighted by Crippen LogP contribution is 2.31. The number of pyridine rings is 1. The predicted octanol–water partition coefficient (Wildman–Crippen LogP) is 5.49. The lowest BCUT2D eigenvalue weighted by molar-refractivity contribution is 0.0741. The molecule has 40 heavy (non-hydrogen) atoms. The molecule has 0 radical (unpaired) electrons. The van der Waals surface area contributed by atoms with Crippen molar-refractivity contribution in [2.24, 2.45) is 0 Å². The number of hydrogen-bond acceptors (Lipinski definition) is 8. The molecule has 5 aromatic rings. The van der Waals surface area contributed by atoms with Crippen molar-refractivity contribution in [3.63, 3.8) is 0 Å². The highest BCUT2D eigenvalue weighted by atomic mass is 32.2. The number of aromatic nitrogens is 5. The molecular weight excluding hydrogens is 545 g/mol. The van der Waals surface area contributed by atoms with Crippen molar-refractivity contribution in [3.8, 4) is 17.1 Å². The van der Waals surface area contributed by atoms with E-state index in [-0.39, 0.29) is 11.7 Å². The number of piperazine rings is 1. The van der Waals surface area contributed by atoms with Crippen molar-refractivity contribution in [2.45, 2.75) is 17.8 Å². The van der Waals surface area contributed by atoms with E-state index in [4.69, 9.17) is 0 Å². The third-order valence-corrected chi connectivity index (χ3v) is 8.74. The van der Waals surface area contributed by atoms with E-state index >= 15 is 0 Å². The van der Waals surface area contributed by atoms with Gasteiger partial charge in [0.15, 0.2) is 11.0 Å². The Bertz CT molecular complexity index is 1630. The Morgan fingerprint density at radius 1 is 0.975 bits per heavy atom. The van der Waals surface area contributed by atoms with Crippen LogP contribution in [0.2, 0.25) is 0 Å². The van der Waals surface area contributed by atoms with Gasteiger partial charge >= 0.3 is 0 Å². The van der Waals surface area contributed by atoms with E-state index in [1.807, 2.05) is 28.5 Å². The molecule has 11 heteroatoms. The monoisotopic (exact) mass is 571 g/mol. The molecule has 0 saturated carbocycles. The van der Waals surface area contributed by atoms with Crippen LogP contribution < -0.4 is 4.90 Å². The number of hydrogen-bond donors (Lipinski definition) is 0. The summed E-state index contributed by atoms with van der Waals surface area (Å²) in [5, 5.41) is 11.8. The maximum Gasteiger partial charge on any atom is 0.273 e. The first-order chi connectivity index (χ1) is 19.6. The average Bonchev–Trinajstić information content (AvgIpc) is 3.64. The zero-order valence-electron chi connectivity index (χ0n) is 21.8. The largest absolute Gasteiger partial charge is 0.368 e.